The summed E-state index contributed by atoms with van der Waals surface area (Å²) in [5, 5.41) is 11.1. The third-order valence-corrected chi connectivity index (χ3v) is 3.14. The predicted octanol–water partition coefficient (Wildman–Crippen LogP) is 2.08. The molecule has 0 heterocycles. The second kappa shape index (κ2) is 3.74. The second-order valence-electron chi connectivity index (χ2n) is 2.69. The third-order valence-electron chi connectivity index (χ3n) is 1.66. The van der Waals surface area contributed by atoms with Crippen molar-refractivity contribution in [2.45, 2.75) is 10.4 Å². The summed E-state index contributed by atoms with van der Waals surface area (Å²) in [5.74, 6) is -0.698. The van der Waals surface area contributed by atoms with Crippen LogP contribution in [0.5, 0.6) is 5.75 Å². The first kappa shape index (κ1) is 12.4. The molecule has 0 aliphatic heterocycles. The van der Waals surface area contributed by atoms with E-state index in [9.17, 15) is 26.5 Å². The van der Waals surface area contributed by atoms with Crippen LogP contribution in [0.4, 0.5) is 18.9 Å². The molecule has 5 nitrogen and oxygen atoms in total. The number of alkyl halides is 3. The van der Waals surface area contributed by atoms with Crippen LogP contribution in [0.3, 0.4) is 0 Å². The van der Waals surface area contributed by atoms with Crippen molar-refractivity contribution in [1.29, 1.82) is 0 Å². The number of rotatable bonds is 2. The van der Waals surface area contributed by atoms with Gasteiger partial charge >= 0.3 is 5.51 Å². The van der Waals surface area contributed by atoms with Crippen molar-refractivity contribution in [3.05, 3.63) is 23.1 Å². The number of nitrogens with zero attached hydrogens (tertiary/aromatic N) is 1. The maximum atomic E-state index is 12.1. The molecular weight excluding hydrogens is 251 g/mol. The van der Waals surface area contributed by atoms with Crippen LogP contribution in [0.15, 0.2) is 28.3 Å². The fraction of sp³-hybridized carbons (Fsp3) is 0.143. The van der Waals surface area contributed by atoms with Gasteiger partial charge in [-0.25, -0.2) is 8.42 Å². The molecule has 1 rings (SSSR count). The Balaban J connectivity index is 3.42. The standard InChI is InChI=1S/C7H4F3NO4S/c8-7(9,10)16(14,15)4-1-2-6(12)5(3-4)11-13/h1-3,12H. The molecule has 1 aromatic rings. The van der Waals surface area contributed by atoms with Gasteiger partial charge in [0.2, 0.25) is 0 Å². The average molecular weight is 255 g/mol. The number of halogens is 3. The van der Waals surface area contributed by atoms with Gasteiger partial charge in [0.05, 0.1) is 4.90 Å². The van der Waals surface area contributed by atoms with E-state index in [1.165, 1.54) is 0 Å². The monoisotopic (exact) mass is 255 g/mol. The molecule has 0 bridgehead atoms. The summed E-state index contributed by atoms with van der Waals surface area (Å²) < 4.78 is 58.1. The van der Waals surface area contributed by atoms with E-state index in [2.05, 4.69) is 5.18 Å². The normalized spacial score (nSPS) is 12.4. The van der Waals surface area contributed by atoms with E-state index < -0.39 is 31.7 Å². The zero-order valence-electron chi connectivity index (χ0n) is 7.39. The van der Waals surface area contributed by atoms with Gasteiger partial charge in [-0.15, -0.1) is 4.91 Å². The fourth-order valence-corrected chi connectivity index (χ4v) is 1.66. The molecule has 0 amide bonds. The second-order valence-corrected chi connectivity index (χ2v) is 4.63. The molecule has 0 aliphatic carbocycles. The Labute approximate surface area is 87.4 Å². The van der Waals surface area contributed by atoms with E-state index in [1.807, 2.05) is 0 Å². The summed E-state index contributed by atoms with van der Waals surface area (Å²) in [6.45, 7) is 0. The van der Waals surface area contributed by atoms with Crippen LogP contribution in [0.1, 0.15) is 0 Å². The van der Waals surface area contributed by atoms with Crippen LogP contribution >= 0.6 is 0 Å². The van der Waals surface area contributed by atoms with Gasteiger partial charge in [0, 0.05) is 0 Å². The van der Waals surface area contributed by atoms with Gasteiger partial charge in [-0.1, -0.05) is 0 Å². The molecule has 0 spiro atoms. The highest BCUT2D eigenvalue weighted by Gasteiger charge is 2.47. The first-order valence-electron chi connectivity index (χ1n) is 3.68. The highest BCUT2D eigenvalue weighted by atomic mass is 32.2. The van der Waals surface area contributed by atoms with Gasteiger partial charge in [0.15, 0.2) is 5.69 Å². The van der Waals surface area contributed by atoms with Crippen LogP contribution in [0.25, 0.3) is 0 Å². The lowest BCUT2D eigenvalue weighted by atomic mass is 10.3. The minimum Gasteiger partial charge on any atom is -0.506 e. The fourth-order valence-electron chi connectivity index (χ4n) is 0.877. The molecule has 0 atom stereocenters. The number of hydrogen-bond donors (Lipinski definition) is 1. The van der Waals surface area contributed by atoms with E-state index in [0.29, 0.717) is 18.2 Å². The minimum atomic E-state index is -5.54. The van der Waals surface area contributed by atoms with E-state index in [-0.39, 0.29) is 0 Å². The average Bonchev–Trinajstić information content (AvgIpc) is 2.16. The van der Waals surface area contributed by atoms with Crippen molar-refractivity contribution < 1.29 is 26.7 Å². The smallest absolute Gasteiger partial charge is 0.501 e. The molecule has 0 radical (unpaired) electrons. The van der Waals surface area contributed by atoms with Gasteiger partial charge in [0.1, 0.15) is 5.75 Å². The maximum absolute atomic E-state index is 12.1. The summed E-state index contributed by atoms with van der Waals surface area (Å²) in [6, 6.07) is 1.54. The van der Waals surface area contributed by atoms with Crippen LogP contribution in [0.2, 0.25) is 0 Å². The van der Waals surface area contributed by atoms with E-state index in [4.69, 9.17) is 5.11 Å². The van der Waals surface area contributed by atoms with Gasteiger partial charge in [0.25, 0.3) is 9.84 Å². The SMILES string of the molecule is O=Nc1cc(S(=O)(=O)C(F)(F)F)ccc1O. The quantitative estimate of drug-likeness (QED) is 0.820. The van der Waals surface area contributed by atoms with Gasteiger partial charge in [-0.3, -0.25) is 0 Å². The van der Waals surface area contributed by atoms with Crippen molar-refractivity contribution in [3.8, 4) is 5.75 Å². The maximum Gasteiger partial charge on any atom is 0.501 e. The number of nitroso groups, excluding NO2 is 1. The first-order valence-corrected chi connectivity index (χ1v) is 5.16. The molecule has 0 fully saturated rings. The molecule has 0 aliphatic rings. The molecule has 0 saturated heterocycles. The Morgan fingerprint density at radius 2 is 1.81 bits per heavy atom. The van der Waals surface area contributed by atoms with Gasteiger partial charge in [-0.2, -0.15) is 13.2 Å². The van der Waals surface area contributed by atoms with Crippen molar-refractivity contribution in [2.24, 2.45) is 5.18 Å². The van der Waals surface area contributed by atoms with E-state index >= 15 is 0 Å². The lowest BCUT2D eigenvalue weighted by Gasteiger charge is -2.08. The predicted molar refractivity (Wildman–Crippen MR) is 46.8 cm³/mol. The molecule has 16 heavy (non-hydrogen) atoms. The highest BCUT2D eigenvalue weighted by Crippen LogP contribution is 2.35. The molecule has 1 N–H and O–H groups in total. The largest absolute Gasteiger partial charge is 0.506 e. The summed E-state index contributed by atoms with van der Waals surface area (Å²) in [7, 11) is -5.54. The van der Waals surface area contributed by atoms with E-state index in [0.717, 1.165) is 0 Å². The zero-order valence-corrected chi connectivity index (χ0v) is 8.21. The zero-order chi connectivity index (χ0) is 12.6. The van der Waals surface area contributed by atoms with Crippen molar-refractivity contribution >= 4 is 15.5 Å². The Morgan fingerprint density at radius 1 is 1.25 bits per heavy atom. The summed E-state index contributed by atoms with van der Waals surface area (Å²) >= 11 is 0. The Kier molecular flexibility index (Phi) is 2.91. The molecule has 0 aromatic heterocycles. The number of phenolic OH excluding ortho intramolecular Hbond substituents is 1. The first-order chi connectivity index (χ1) is 7.20. The third kappa shape index (κ3) is 1.98. The summed E-state index contributed by atoms with van der Waals surface area (Å²) in [6.07, 6.45) is 0. The summed E-state index contributed by atoms with van der Waals surface area (Å²) in [4.78, 5) is 8.92. The molecule has 0 unspecified atom stereocenters. The van der Waals surface area contributed by atoms with Crippen LogP contribution in [-0.2, 0) is 9.84 Å². The van der Waals surface area contributed by atoms with Crippen LogP contribution < -0.4 is 0 Å². The molecule has 1 aromatic carbocycles. The lowest BCUT2D eigenvalue weighted by Crippen LogP contribution is -2.23. The number of sulfone groups is 1. The minimum absolute atomic E-state index is 0.352. The molecule has 0 saturated carbocycles. The Bertz CT molecular complexity index is 523. The highest BCUT2D eigenvalue weighted by molar-refractivity contribution is 7.92. The van der Waals surface area contributed by atoms with E-state index in [1.54, 1.807) is 0 Å². The van der Waals surface area contributed by atoms with Crippen LogP contribution in [-0.4, -0.2) is 19.0 Å². The van der Waals surface area contributed by atoms with Crippen molar-refractivity contribution in [1.82, 2.24) is 0 Å². The number of hydrogen-bond acceptors (Lipinski definition) is 5. The molecule has 9 heteroatoms. The Morgan fingerprint density at radius 3 is 2.25 bits per heavy atom. The number of aromatic hydroxyl groups is 1. The lowest BCUT2D eigenvalue weighted by molar-refractivity contribution is -0.0436. The van der Waals surface area contributed by atoms with Crippen LogP contribution in [0, 0.1) is 4.91 Å². The van der Waals surface area contributed by atoms with Gasteiger partial charge in [-0.05, 0) is 23.4 Å². The molecular formula is C7H4F3NO4S. The van der Waals surface area contributed by atoms with Crippen molar-refractivity contribution in [2.75, 3.05) is 0 Å². The Hall–Kier alpha value is -1.64. The van der Waals surface area contributed by atoms with Crippen molar-refractivity contribution in [3.63, 3.8) is 0 Å². The van der Waals surface area contributed by atoms with Gasteiger partial charge < -0.3 is 5.11 Å². The number of benzene rings is 1. The number of phenols is 1. The topological polar surface area (TPSA) is 83.8 Å². The summed E-state index contributed by atoms with van der Waals surface area (Å²) in [5.41, 5.74) is -6.24. The molecule has 88 valence electrons.